The molecule has 1 heterocycles. The highest BCUT2D eigenvalue weighted by Crippen LogP contribution is 2.24. The number of anilines is 1. The zero-order valence-electron chi connectivity index (χ0n) is 19.0. The molecule has 1 fully saturated rings. The summed E-state index contributed by atoms with van der Waals surface area (Å²) >= 11 is 0. The number of carbonyl (C=O) groups excluding carboxylic acids is 3. The van der Waals surface area contributed by atoms with Crippen LogP contribution in [0.5, 0.6) is 5.75 Å². The Morgan fingerprint density at radius 1 is 0.879 bits per heavy atom. The van der Waals surface area contributed by atoms with Crippen molar-refractivity contribution in [3.8, 4) is 5.75 Å². The first kappa shape index (κ1) is 22.8. The van der Waals surface area contributed by atoms with Crippen LogP contribution in [-0.4, -0.2) is 62.5 Å². The molecular weight excluding hydrogens is 420 g/mol. The van der Waals surface area contributed by atoms with E-state index in [1.165, 1.54) is 11.1 Å². The largest absolute Gasteiger partial charge is 0.497 e. The number of nitrogens with zero attached hydrogens (tertiary/aromatic N) is 2. The second kappa shape index (κ2) is 10.5. The fourth-order valence-corrected chi connectivity index (χ4v) is 4.42. The maximum Gasteiger partial charge on any atom is 0.306 e. The van der Waals surface area contributed by atoms with E-state index in [9.17, 15) is 14.4 Å². The Balaban J connectivity index is 1.16. The minimum atomic E-state index is -0.519. The summed E-state index contributed by atoms with van der Waals surface area (Å²) in [7, 11) is 1.64. The van der Waals surface area contributed by atoms with Crippen molar-refractivity contribution in [3.05, 3.63) is 59.2 Å². The SMILES string of the molecule is COc1ccc(N2CCN(C(=O)COC(=O)CCC(=O)c3ccc4c(c3)CCC4)CC2)cc1. The van der Waals surface area contributed by atoms with Gasteiger partial charge in [0.05, 0.1) is 13.5 Å². The highest BCUT2D eigenvalue weighted by atomic mass is 16.5. The van der Waals surface area contributed by atoms with Crippen molar-refractivity contribution in [2.45, 2.75) is 32.1 Å². The lowest BCUT2D eigenvalue weighted by atomic mass is 10.0. The highest BCUT2D eigenvalue weighted by molar-refractivity contribution is 5.98. The average Bonchev–Trinajstić information content (AvgIpc) is 3.34. The highest BCUT2D eigenvalue weighted by Gasteiger charge is 2.22. The van der Waals surface area contributed by atoms with Crippen molar-refractivity contribution in [2.75, 3.05) is 44.8 Å². The van der Waals surface area contributed by atoms with Gasteiger partial charge < -0.3 is 19.3 Å². The molecule has 0 saturated carbocycles. The van der Waals surface area contributed by atoms with E-state index in [1.54, 1.807) is 12.0 Å². The smallest absolute Gasteiger partial charge is 0.306 e. The molecule has 0 N–H and O–H groups in total. The van der Waals surface area contributed by atoms with Gasteiger partial charge in [-0.1, -0.05) is 12.1 Å². The molecule has 0 atom stereocenters. The van der Waals surface area contributed by atoms with Crippen LogP contribution < -0.4 is 9.64 Å². The molecule has 0 aromatic heterocycles. The zero-order valence-corrected chi connectivity index (χ0v) is 19.0. The maximum absolute atomic E-state index is 12.4. The summed E-state index contributed by atoms with van der Waals surface area (Å²) in [6.07, 6.45) is 3.28. The van der Waals surface area contributed by atoms with E-state index in [0.717, 1.165) is 30.7 Å². The molecule has 7 heteroatoms. The van der Waals surface area contributed by atoms with E-state index in [1.807, 2.05) is 42.5 Å². The fraction of sp³-hybridized carbons (Fsp3) is 0.423. The van der Waals surface area contributed by atoms with Crippen LogP contribution in [0.4, 0.5) is 5.69 Å². The average molecular weight is 451 g/mol. The molecule has 0 bridgehead atoms. The molecule has 174 valence electrons. The zero-order chi connectivity index (χ0) is 23.2. The molecule has 2 aliphatic rings. The number of amides is 1. The number of Topliss-reactive ketones (excluding diaryl/α,β-unsaturated/α-hetero) is 1. The number of ether oxygens (including phenoxy) is 2. The monoisotopic (exact) mass is 450 g/mol. The molecule has 1 aliphatic carbocycles. The third-order valence-electron chi connectivity index (χ3n) is 6.40. The number of hydrogen-bond donors (Lipinski definition) is 0. The summed E-state index contributed by atoms with van der Waals surface area (Å²) in [5.74, 6) is 0.0170. The Hall–Kier alpha value is -3.35. The Labute approximate surface area is 194 Å². The first-order chi connectivity index (χ1) is 16.0. The number of benzene rings is 2. The van der Waals surface area contributed by atoms with Crippen molar-refractivity contribution in [3.63, 3.8) is 0 Å². The third kappa shape index (κ3) is 5.72. The van der Waals surface area contributed by atoms with Crippen LogP contribution in [0.3, 0.4) is 0 Å². The number of hydrogen-bond acceptors (Lipinski definition) is 6. The number of fused-ring (bicyclic) bond motifs is 1. The molecule has 0 spiro atoms. The fourth-order valence-electron chi connectivity index (χ4n) is 4.42. The van der Waals surface area contributed by atoms with Gasteiger partial charge in [-0.15, -0.1) is 0 Å². The summed E-state index contributed by atoms with van der Waals surface area (Å²) in [6, 6.07) is 13.6. The molecule has 0 radical (unpaired) electrons. The van der Waals surface area contributed by atoms with E-state index in [2.05, 4.69) is 4.90 Å². The summed E-state index contributed by atoms with van der Waals surface area (Å²) in [5.41, 5.74) is 4.28. The predicted molar refractivity (Wildman–Crippen MR) is 125 cm³/mol. The number of carbonyl (C=O) groups is 3. The van der Waals surface area contributed by atoms with Crippen molar-refractivity contribution in [1.29, 1.82) is 0 Å². The van der Waals surface area contributed by atoms with Crippen LogP contribution in [0.1, 0.15) is 40.7 Å². The second-order valence-electron chi connectivity index (χ2n) is 8.49. The molecule has 7 nitrogen and oxygen atoms in total. The van der Waals surface area contributed by atoms with E-state index >= 15 is 0 Å². The van der Waals surface area contributed by atoms with Gasteiger partial charge in [-0.25, -0.2) is 0 Å². The first-order valence-electron chi connectivity index (χ1n) is 11.5. The summed E-state index contributed by atoms with van der Waals surface area (Å²) in [6.45, 7) is 2.27. The van der Waals surface area contributed by atoms with E-state index < -0.39 is 5.97 Å². The van der Waals surface area contributed by atoms with E-state index in [4.69, 9.17) is 9.47 Å². The van der Waals surface area contributed by atoms with Gasteiger partial charge in [0.2, 0.25) is 0 Å². The Morgan fingerprint density at radius 3 is 2.33 bits per heavy atom. The molecule has 1 aliphatic heterocycles. The lowest BCUT2D eigenvalue weighted by molar-refractivity contribution is -0.152. The minimum Gasteiger partial charge on any atom is -0.497 e. The number of rotatable bonds is 8. The molecule has 4 rings (SSSR count). The number of aryl methyl sites for hydroxylation is 2. The quantitative estimate of drug-likeness (QED) is 0.455. The van der Waals surface area contributed by atoms with Crippen molar-refractivity contribution < 1.29 is 23.9 Å². The third-order valence-corrected chi connectivity index (χ3v) is 6.40. The number of methoxy groups -OCH3 is 1. The Bertz CT molecular complexity index is 1010. The number of ketones is 1. The summed E-state index contributed by atoms with van der Waals surface area (Å²) in [4.78, 5) is 40.9. The molecule has 2 aromatic carbocycles. The van der Waals surface area contributed by atoms with E-state index in [0.29, 0.717) is 31.7 Å². The molecule has 1 amide bonds. The van der Waals surface area contributed by atoms with Crippen molar-refractivity contribution in [1.82, 2.24) is 4.90 Å². The van der Waals surface area contributed by atoms with Gasteiger partial charge >= 0.3 is 5.97 Å². The van der Waals surface area contributed by atoms with Crippen LogP contribution in [0.2, 0.25) is 0 Å². The van der Waals surface area contributed by atoms with Crippen LogP contribution in [0.15, 0.2) is 42.5 Å². The maximum atomic E-state index is 12.4. The Morgan fingerprint density at radius 2 is 1.61 bits per heavy atom. The number of esters is 1. The predicted octanol–water partition coefficient (Wildman–Crippen LogP) is 3.04. The van der Waals surface area contributed by atoms with Crippen molar-refractivity contribution >= 4 is 23.3 Å². The van der Waals surface area contributed by atoms with Gasteiger partial charge in [-0.2, -0.15) is 0 Å². The van der Waals surface area contributed by atoms with Gasteiger partial charge in [-0.05, 0) is 60.7 Å². The van der Waals surface area contributed by atoms with Crippen LogP contribution in [0.25, 0.3) is 0 Å². The molecule has 2 aromatic rings. The Kier molecular flexibility index (Phi) is 7.27. The summed E-state index contributed by atoms with van der Waals surface area (Å²) in [5, 5.41) is 0. The molecule has 1 saturated heterocycles. The topological polar surface area (TPSA) is 76.2 Å². The van der Waals surface area contributed by atoms with Crippen LogP contribution in [-0.2, 0) is 27.2 Å². The van der Waals surface area contributed by atoms with Crippen molar-refractivity contribution in [2.24, 2.45) is 0 Å². The normalized spacial score (nSPS) is 15.2. The van der Waals surface area contributed by atoms with E-state index in [-0.39, 0.29) is 31.1 Å². The number of piperazine rings is 1. The lowest BCUT2D eigenvalue weighted by Gasteiger charge is -2.36. The summed E-state index contributed by atoms with van der Waals surface area (Å²) < 4.78 is 10.3. The molecule has 0 unspecified atom stereocenters. The van der Waals surface area contributed by atoms with Crippen LogP contribution >= 0.6 is 0 Å². The van der Waals surface area contributed by atoms with Gasteiger partial charge in [-0.3, -0.25) is 14.4 Å². The van der Waals surface area contributed by atoms with Crippen LogP contribution in [0, 0.1) is 0 Å². The minimum absolute atomic E-state index is 0.0194. The first-order valence-corrected chi connectivity index (χ1v) is 11.5. The second-order valence-corrected chi connectivity index (χ2v) is 8.49. The van der Waals surface area contributed by atoms with Gasteiger partial charge in [0.25, 0.3) is 5.91 Å². The van der Waals surface area contributed by atoms with Gasteiger partial charge in [0, 0.05) is 43.9 Å². The van der Waals surface area contributed by atoms with Gasteiger partial charge in [0.15, 0.2) is 12.4 Å². The molecule has 33 heavy (non-hydrogen) atoms. The lowest BCUT2D eigenvalue weighted by Crippen LogP contribution is -2.49. The van der Waals surface area contributed by atoms with Gasteiger partial charge in [0.1, 0.15) is 5.75 Å². The standard InChI is InChI=1S/C26H30N2O5/c1-32-23-9-7-22(8-10-23)27-13-15-28(16-14-27)25(30)18-33-26(31)12-11-24(29)21-6-5-19-3-2-4-20(19)17-21/h5-10,17H,2-4,11-16,18H2,1H3. The molecular formula is C26H30N2O5.